The Kier molecular flexibility index (Phi) is 5.40. The van der Waals surface area contributed by atoms with Crippen LogP contribution < -0.4 is 10.1 Å². The molecule has 0 aliphatic carbocycles. The first kappa shape index (κ1) is 19.0. The molecule has 4 nitrogen and oxygen atoms in total. The summed E-state index contributed by atoms with van der Waals surface area (Å²) in [5, 5.41) is 2.95. The highest BCUT2D eigenvalue weighted by molar-refractivity contribution is 5.95. The monoisotopic (exact) mass is 378 g/mol. The summed E-state index contributed by atoms with van der Waals surface area (Å²) in [6.07, 6.45) is 3.64. The molecule has 0 aromatic heterocycles. The zero-order valence-electron chi connectivity index (χ0n) is 17.1. The minimum Gasteiger partial charge on any atom is -0.492 e. The van der Waals surface area contributed by atoms with Gasteiger partial charge in [-0.05, 0) is 81.5 Å². The van der Waals surface area contributed by atoms with Gasteiger partial charge in [-0.1, -0.05) is 24.3 Å². The number of nitrogens with one attached hydrogen (secondary N) is 1. The van der Waals surface area contributed by atoms with Crippen molar-refractivity contribution in [2.45, 2.75) is 58.2 Å². The molecule has 1 fully saturated rings. The van der Waals surface area contributed by atoms with E-state index in [0.717, 1.165) is 29.9 Å². The Morgan fingerprint density at radius 2 is 2.00 bits per heavy atom. The number of amides is 1. The minimum atomic E-state index is -0.0337. The molecule has 2 atom stereocenters. The molecule has 148 valence electrons. The maximum atomic E-state index is 12.3. The molecule has 0 spiro atoms. The number of rotatable bonds is 4. The van der Waals surface area contributed by atoms with Crippen LogP contribution in [0.3, 0.4) is 0 Å². The van der Waals surface area contributed by atoms with Gasteiger partial charge in [-0.2, -0.15) is 0 Å². The summed E-state index contributed by atoms with van der Waals surface area (Å²) in [6.45, 7) is 8.22. The van der Waals surface area contributed by atoms with E-state index in [1.807, 2.05) is 38.1 Å². The van der Waals surface area contributed by atoms with Crippen LogP contribution in [-0.2, 0) is 6.42 Å². The summed E-state index contributed by atoms with van der Waals surface area (Å²) < 4.78 is 6.17. The summed E-state index contributed by atoms with van der Waals surface area (Å²) in [5.41, 5.74) is 4.10. The Bertz CT molecular complexity index is 861. The Hall–Kier alpha value is -2.33. The van der Waals surface area contributed by atoms with Gasteiger partial charge in [0.1, 0.15) is 12.4 Å². The van der Waals surface area contributed by atoms with Gasteiger partial charge in [0, 0.05) is 23.7 Å². The van der Waals surface area contributed by atoms with Crippen molar-refractivity contribution in [1.82, 2.24) is 10.2 Å². The topological polar surface area (TPSA) is 41.6 Å². The summed E-state index contributed by atoms with van der Waals surface area (Å²) in [4.78, 5) is 14.9. The lowest BCUT2D eigenvalue weighted by atomic mass is 9.96. The Morgan fingerprint density at radius 3 is 2.75 bits per heavy atom. The third-order valence-electron chi connectivity index (χ3n) is 5.91. The molecule has 28 heavy (non-hydrogen) atoms. The molecular weight excluding hydrogens is 348 g/mol. The van der Waals surface area contributed by atoms with Crippen LogP contribution in [0.4, 0.5) is 0 Å². The fraction of sp³-hybridized carbons (Fsp3) is 0.458. The number of carbonyl (C=O) groups is 1. The summed E-state index contributed by atoms with van der Waals surface area (Å²) >= 11 is 0. The van der Waals surface area contributed by atoms with Crippen LogP contribution in [0.2, 0.25) is 0 Å². The number of benzene rings is 2. The van der Waals surface area contributed by atoms with E-state index in [0.29, 0.717) is 17.6 Å². The van der Waals surface area contributed by atoms with Crippen molar-refractivity contribution in [3.8, 4) is 16.9 Å². The van der Waals surface area contributed by atoms with Crippen molar-refractivity contribution >= 4 is 5.91 Å². The zero-order chi connectivity index (χ0) is 19.7. The lowest BCUT2D eigenvalue weighted by Gasteiger charge is -2.35. The highest BCUT2D eigenvalue weighted by Gasteiger charge is 2.31. The molecule has 0 bridgehead atoms. The van der Waals surface area contributed by atoms with Gasteiger partial charge >= 0.3 is 0 Å². The van der Waals surface area contributed by atoms with Crippen LogP contribution in [0.1, 0.15) is 49.5 Å². The molecule has 0 radical (unpaired) electrons. The molecule has 2 aliphatic heterocycles. The molecule has 2 heterocycles. The number of ether oxygens (including phenoxy) is 1. The predicted octanol–water partition coefficient (Wildman–Crippen LogP) is 4.28. The Labute approximate surface area is 167 Å². The second-order valence-corrected chi connectivity index (χ2v) is 8.43. The molecule has 1 amide bonds. The van der Waals surface area contributed by atoms with Gasteiger partial charge in [-0.3, -0.25) is 9.69 Å². The SMILES string of the molecule is CC(C)NC(=O)c1cccc(-c2ccc3c(c2)OCC(N2CCC[C@H]2C)C3)c1. The van der Waals surface area contributed by atoms with E-state index in [1.54, 1.807) is 0 Å². The summed E-state index contributed by atoms with van der Waals surface area (Å²) in [7, 11) is 0. The van der Waals surface area contributed by atoms with E-state index in [-0.39, 0.29) is 11.9 Å². The number of carbonyl (C=O) groups excluding carboxylic acids is 1. The van der Waals surface area contributed by atoms with Crippen LogP contribution in [0.5, 0.6) is 5.75 Å². The van der Waals surface area contributed by atoms with Crippen LogP contribution in [0.15, 0.2) is 42.5 Å². The van der Waals surface area contributed by atoms with Gasteiger partial charge in [0.15, 0.2) is 0 Å². The number of fused-ring (bicyclic) bond motifs is 1. The van der Waals surface area contributed by atoms with Crippen LogP contribution in [0.25, 0.3) is 11.1 Å². The number of hydrogen-bond acceptors (Lipinski definition) is 3. The fourth-order valence-electron chi connectivity index (χ4n) is 4.43. The third kappa shape index (κ3) is 3.93. The van der Waals surface area contributed by atoms with Gasteiger partial charge < -0.3 is 10.1 Å². The van der Waals surface area contributed by atoms with Gasteiger partial charge in [0.2, 0.25) is 0 Å². The second-order valence-electron chi connectivity index (χ2n) is 8.43. The molecule has 2 aromatic rings. The van der Waals surface area contributed by atoms with E-state index >= 15 is 0 Å². The van der Waals surface area contributed by atoms with E-state index in [1.165, 1.54) is 24.9 Å². The lowest BCUT2D eigenvalue weighted by molar-refractivity contribution is 0.0943. The smallest absolute Gasteiger partial charge is 0.251 e. The molecule has 2 aromatic carbocycles. The molecule has 1 saturated heterocycles. The van der Waals surface area contributed by atoms with E-state index in [9.17, 15) is 4.79 Å². The quantitative estimate of drug-likeness (QED) is 0.863. The highest BCUT2D eigenvalue weighted by atomic mass is 16.5. The molecular formula is C24H30N2O2. The van der Waals surface area contributed by atoms with Crippen LogP contribution >= 0.6 is 0 Å². The van der Waals surface area contributed by atoms with E-state index in [4.69, 9.17) is 4.74 Å². The molecule has 0 saturated carbocycles. The maximum absolute atomic E-state index is 12.3. The third-order valence-corrected chi connectivity index (χ3v) is 5.91. The average molecular weight is 379 g/mol. The van der Waals surface area contributed by atoms with Crippen LogP contribution in [-0.4, -0.2) is 42.1 Å². The molecule has 4 heteroatoms. The number of hydrogen-bond donors (Lipinski definition) is 1. The number of nitrogens with zero attached hydrogens (tertiary/aromatic N) is 1. The first-order valence-corrected chi connectivity index (χ1v) is 10.4. The Morgan fingerprint density at radius 1 is 1.18 bits per heavy atom. The predicted molar refractivity (Wildman–Crippen MR) is 113 cm³/mol. The van der Waals surface area contributed by atoms with E-state index < -0.39 is 0 Å². The van der Waals surface area contributed by atoms with Crippen molar-refractivity contribution in [2.75, 3.05) is 13.2 Å². The normalized spacial score (nSPS) is 22.0. The second kappa shape index (κ2) is 7.96. The first-order chi connectivity index (χ1) is 13.5. The van der Waals surface area contributed by atoms with Gasteiger partial charge in [0.25, 0.3) is 5.91 Å². The van der Waals surface area contributed by atoms with Crippen molar-refractivity contribution in [3.05, 3.63) is 53.6 Å². The van der Waals surface area contributed by atoms with Crippen molar-refractivity contribution in [2.24, 2.45) is 0 Å². The fourth-order valence-corrected chi connectivity index (χ4v) is 4.43. The standard InChI is InChI=1S/C24H30N2O2/c1-16(2)25-24(27)21-8-4-7-18(12-21)19-9-10-20-13-22(15-28-23(20)14-19)26-11-5-6-17(26)3/h4,7-10,12,14,16-17,22H,5-6,11,13,15H2,1-3H3,(H,25,27)/t17-,22?/m1/s1. The highest BCUT2D eigenvalue weighted by Crippen LogP contribution is 2.33. The lowest BCUT2D eigenvalue weighted by Crippen LogP contribution is -2.44. The zero-order valence-corrected chi connectivity index (χ0v) is 17.1. The summed E-state index contributed by atoms with van der Waals surface area (Å²) in [5.74, 6) is 0.950. The van der Waals surface area contributed by atoms with Crippen molar-refractivity contribution in [1.29, 1.82) is 0 Å². The largest absolute Gasteiger partial charge is 0.492 e. The number of likely N-dealkylation sites (tertiary alicyclic amines) is 1. The molecule has 1 unspecified atom stereocenters. The first-order valence-electron chi connectivity index (χ1n) is 10.4. The van der Waals surface area contributed by atoms with E-state index in [2.05, 4.69) is 35.3 Å². The Balaban J connectivity index is 1.53. The maximum Gasteiger partial charge on any atom is 0.251 e. The molecule has 1 N–H and O–H groups in total. The molecule has 4 rings (SSSR count). The van der Waals surface area contributed by atoms with Gasteiger partial charge in [0.05, 0.1) is 0 Å². The van der Waals surface area contributed by atoms with Crippen molar-refractivity contribution < 1.29 is 9.53 Å². The van der Waals surface area contributed by atoms with Gasteiger partial charge in [-0.15, -0.1) is 0 Å². The average Bonchev–Trinajstić information content (AvgIpc) is 3.12. The minimum absolute atomic E-state index is 0.0337. The molecule has 2 aliphatic rings. The summed E-state index contributed by atoms with van der Waals surface area (Å²) in [6, 6.07) is 15.5. The van der Waals surface area contributed by atoms with Crippen LogP contribution in [0, 0.1) is 0 Å². The van der Waals surface area contributed by atoms with Crippen molar-refractivity contribution in [3.63, 3.8) is 0 Å². The van der Waals surface area contributed by atoms with Gasteiger partial charge in [-0.25, -0.2) is 0 Å².